The molecule has 26 heavy (non-hydrogen) atoms. The van der Waals surface area contributed by atoms with Crippen LogP contribution in [0.1, 0.15) is 11.1 Å². The van der Waals surface area contributed by atoms with Crippen LogP contribution in [0.15, 0.2) is 54.9 Å². The average molecular weight is 379 g/mol. The smallest absolute Gasteiger partial charge is 0.351 e. The number of carbonyl (C=O) groups excluding carboxylic acids is 1. The highest BCUT2D eigenvalue weighted by molar-refractivity contribution is 8.00. The van der Waals surface area contributed by atoms with Crippen LogP contribution in [0.3, 0.4) is 0 Å². The summed E-state index contributed by atoms with van der Waals surface area (Å²) < 4.78 is 38.2. The minimum Gasteiger partial charge on any atom is -0.351 e. The van der Waals surface area contributed by atoms with E-state index in [9.17, 15) is 18.0 Å². The normalized spacial score (nSPS) is 11.7. The van der Waals surface area contributed by atoms with Gasteiger partial charge in [-0.2, -0.15) is 13.2 Å². The number of aromatic nitrogens is 2. The lowest BCUT2D eigenvalue weighted by atomic mass is 10.1. The van der Waals surface area contributed by atoms with Gasteiger partial charge >= 0.3 is 5.51 Å². The number of halogens is 3. The minimum atomic E-state index is -4.39. The third kappa shape index (κ3) is 5.01. The largest absolute Gasteiger partial charge is 0.442 e. The maximum Gasteiger partial charge on any atom is 0.442 e. The van der Waals surface area contributed by atoms with Crippen molar-refractivity contribution < 1.29 is 18.0 Å². The molecule has 0 saturated carbocycles. The van der Waals surface area contributed by atoms with Crippen LogP contribution in [-0.4, -0.2) is 26.7 Å². The van der Waals surface area contributed by atoms with Crippen molar-refractivity contribution >= 4 is 28.7 Å². The summed E-state index contributed by atoms with van der Waals surface area (Å²) in [4.78, 5) is 15.8. The maximum absolute atomic E-state index is 12.1. The fourth-order valence-corrected chi connectivity index (χ4v) is 2.89. The molecule has 0 aliphatic rings. The zero-order valence-corrected chi connectivity index (χ0v) is 14.5. The van der Waals surface area contributed by atoms with E-state index in [4.69, 9.17) is 0 Å². The lowest BCUT2D eigenvalue weighted by Crippen LogP contribution is -2.25. The number of nitrogens with zero attached hydrogens (tertiary/aromatic N) is 2. The zero-order valence-electron chi connectivity index (χ0n) is 13.7. The molecule has 1 amide bonds. The predicted octanol–water partition coefficient (Wildman–Crippen LogP) is 3.95. The number of fused-ring (bicyclic) bond motifs is 1. The molecule has 0 spiro atoms. The van der Waals surface area contributed by atoms with Crippen LogP contribution in [-0.2, 0) is 17.9 Å². The van der Waals surface area contributed by atoms with Crippen molar-refractivity contribution in [3.05, 3.63) is 66.0 Å². The van der Waals surface area contributed by atoms with Gasteiger partial charge in [0.15, 0.2) is 0 Å². The number of thioether (sulfide) groups is 1. The Balaban J connectivity index is 1.54. The summed E-state index contributed by atoms with van der Waals surface area (Å²) in [5.74, 6) is -1.27. The molecule has 0 radical (unpaired) electrons. The summed E-state index contributed by atoms with van der Waals surface area (Å²) >= 11 is -0.338. The van der Waals surface area contributed by atoms with Crippen LogP contribution < -0.4 is 5.32 Å². The molecule has 0 atom stereocenters. The molecule has 1 heterocycles. The first kappa shape index (κ1) is 18.3. The van der Waals surface area contributed by atoms with Crippen molar-refractivity contribution in [2.45, 2.75) is 18.6 Å². The molecule has 0 aliphatic heterocycles. The Morgan fingerprint density at radius 3 is 2.50 bits per heavy atom. The van der Waals surface area contributed by atoms with E-state index in [0.717, 1.165) is 22.2 Å². The van der Waals surface area contributed by atoms with Crippen LogP contribution in [0.25, 0.3) is 11.0 Å². The monoisotopic (exact) mass is 379 g/mol. The highest BCUT2D eigenvalue weighted by Gasteiger charge is 2.29. The van der Waals surface area contributed by atoms with Gasteiger partial charge in [0, 0.05) is 13.1 Å². The van der Waals surface area contributed by atoms with Crippen molar-refractivity contribution in [3.8, 4) is 0 Å². The van der Waals surface area contributed by atoms with E-state index < -0.39 is 17.2 Å². The third-order valence-corrected chi connectivity index (χ3v) is 4.49. The van der Waals surface area contributed by atoms with E-state index in [0.29, 0.717) is 6.54 Å². The third-order valence-electron chi connectivity index (χ3n) is 3.76. The Kier molecular flexibility index (Phi) is 5.51. The summed E-state index contributed by atoms with van der Waals surface area (Å²) in [6, 6.07) is 15.4. The summed E-state index contributed by atoms with van der Waals surface area (Å²) in [5.41, 5.74) is -0.517. The molecule has 4 nitrogen and oxygen atoms in total. The number of hydrogen-bond donors (Lipinski definition) is 1. The number of amides is 1. The van der Waals surface area contributed by atoms with Crippen molar-refractivity contribution in [1.29, 1.82) is 0 Å². The van der Waals surface area contributed by atoms with Gasteiger partial charge < -0.3 is 9.88 Å². The molecule has 3 rings (SSSR count). The number of alkyl halides is 3. The number of rotatable bonds is 6. The van der Waals surface area contributed by atoms with Gasteiger partial charge in [-0.05, 0) is 35.0 Å². The average Bonchev–Trinajstić information content (AvgIpc) is 3.02. The number of benzene rings is 2. The van der Waals surface area contributed by atoms with Gasteiger partial charge in [0.1, 0.15) is 0 Å². The first-order valence-corrected chi connectivity index (χ1v) is 8.84. The molecule has 0 bridgehead atoms. The van der Waals surface area contributed by atoms with E-state index in [2.05, 4.69) is 10.3 Å². The molecule has 1 N–H and O–H groups in total. The zero-order chi connectivity index (χ0) is 18.6. The first-order valence-electron chi connectivity index (χ1n) is 7.86. The van der Waals surface area contributed by atoms with Crippen LogP contribution in [0, 0.1) is 0 Å². The van der Waals surface area contributed by atoms with E-state index in [1.54, 1.807) is 6.33 Å². The SMILES string of the molecule is O=C(CSC(F)(F)F)NCc1ccc(Cn2cnc3ccccc32)cc1. The lowest BCUT2D eigenvalue weighted by Gasteiger charge is -2.08. The van der Waals surface area contributed by atoms with Crippen molar-refractivity contribution in [2.24, 2.45) is 0 Å². The molecule has 136 valence electrons. The molecule has 2 aromatic carbocycles. The lowest BCUT2D eigenvalue weighted by molar-refractivity contribution is -0.119. The standard InChI is InChI=1S/C18H16F3N3OS/c19-18(20,21)26-11-17(25)22-9-13-5-7-14(8-6-13)10-24-12-23-15-3-1-2-4-16(15)24/h1-8,12H,9-11H2,(H,22,25). The Morgan fingerprint density at radius 1 is 1.08 bits per heavy atom. The van der Waals surface area contributed by atoms with Gasteiger partial charge in [-0.25, -0.2) is 4.98 Å². The Bertz CT molecular complexity index is 891. The molecule has 8 heteroatoms. The van der Waals surface area contributed by atoms with Crippen molar-refractivity contribution in [2.75, 3.05) is 5.75 Å². The summed E-state index contributed by atoms with van der Waals surface area (Å²) in [7, 11) is 0. The van der Waals surface area contributed by atoms with Crippen molar-refractivity contribution in [3.63, 3.8) is 0 Å². The van der Waals surface area contributed by atoms with Crippen LogP contribution >= 0.6 is 11.8 Å². The number of hydrogen-bond acceptors (Lipinski definition) is 3. The number of imidazole rings is 1. The summed E-state index contributed by atoms with van der Waals surface area (Å²) in [5, 5.41) is 2.49. The highest BCUT2D eigenvalue weighted by Crippen LogP contribution is 2.29. The second-order valence-electron chi connectivity index (χ2n) is 5.69. The minimum absolute atomic E-state index is 0.200. The molecule has 1 aromatic heterocycles. The molecular formula is C18H16F3N3OS. The van der Waals surface area contributed by atoms with Crippen molar-refractivity contribution in [1.82, 2.24) is 14.9 Å². The first-order chi connectivity index (χ1) is 12.4. The van der Waals surface area contributed by atoms with Crippen LogP contribution in [0.2, 0.25) is 0 Å². The molecule has 3 aromatic rings. The number of para-hydroxylation sites is 2. The molecule has 0 unspecified atom stereocenters. The van der Waals surface area contributed by atoms with Gasteiger partial charge in [0.05, 0.1) is 23.1 Å². The maximum atomic E-state index is 12.1. The van der Waals surface area contributed by atoms with Gasteiger partial charge in [0.25, 0.3) is 0 Å². The van der Waals surface area contributed by atoms with Crippen LogP contribution in [0.5, 0.6) is 0 Å². The Labute approximate surface area is 152 Å². The number of carbonyl (C=O) groups is 1. The van der Waals surface area contributed by atoms with Gasteiger partial charge in [-0.3, -0.25) is 4.79 Å². The molecule has 0 fully saturated rings. The summed E-state index contributed by atoms with van der Waals surface area (Å²) in [6.07, 6.45) is 1.79. The van der Waals surface area contributed by atoms with Crippen LogP contribution in [0.4, 0.5) is 13.2 Å². The quantitative estimate of drug-likeness (QED) is 0.705. The predicted molar refractivity (Wildman–Crippen MR) is 95.6 cm³/mol. The molecule has 0 aliphatic carbocycles. The van der Waals surface area contributed by atoms with E-state index in [1.165, 1.54) is 0 Å². The van der Waals surface area contributed by atoms with Gasteiger partial charge in [-0.1, -0.05) is 36.4 Å². The highest BCUT2D eigenvalue weighted by atomic mass is 32.2. The molecular weight excluding hydrogens is 363 g/mol. The van der Waals surface area contributed by atoms with Gasteiger partial charge in [0.2, 0.25) is 5.91 Å². The summed E-state index contributed by atoms with van der Waals surface area (Å²) in [6.45, 7) is 0.862. The topological polar surface area (TPSA) is 46.9 Å². The molecule has 0 saturated heterocycles. The fraction of sp³-hybridized carbons (Fsp3) is 0.222. The van der Waals surface area contributed by atoms with E-state index in [1.807, 2.05) is 53.1 Å². The Morgan fingerprint density at radius 2 is 1.77 bits per heavy atom. The Hall–Kier alpha value is -2.48. The van der Waals surface area contributed by atoms with E-state index >= 15 is 0 Å². The van der Waals surface area contributed by atoms with Gasteiger partial charge in [-0.15, -0.1) is 0 Å². The second kappa shape index (κ2) is 7.82. The second-order valence-corrected chi connectivity index (χ2v) is 6.73. The number of nitrogens with one attached hydrogen (secondary N) is 1. The van der Waals surface area contributed by atoms with E-state index in [-0.39, 0.29) is 18.3 Å². The fourth-order valence-electron chi connectivity index (χ4n) is 2.49.